The molecule has 2 atom stereocenters. The lowest BCUT2D eigenvalue weighted by molar-refractivity contribution is -0.142. The van der Waals surface area contributed by atoms with Gasteiger partial charge in [-0.15, -0.1) is 0 Å². The minimum absolute atomic E-state index is 0.273. The van der Waals surface area contributed by atoms with Crippen LogP contribution in [0, 0.1) is 5.92 Å². The van der Waals surface area contributed by atoms with E-state index >= 15 is 0 Å². The molecular formula is C19H20N2O4. The van der Waals surface area contributed by atoms with E-state index in [1.807, 2.05) is 12.1 Å². The molecule has 2 aromatic rings. The number of rotatable bonds is 6. The van der Waals surface area contributed by atoms with Gasteiger partial charge in [0, 0.05) is 29.6 Å². The van der Waals surface area contributed by atoms with Crippen molar-refractivity contribution in [1.82, 2.24) is 10.3 Å². The molecule has 1 heterocycles. The van der Waals surface area contributed by atoms with Gasteiger partial charge in [-0.05, 0) is 37.1 Å². The third-order valence-electron chi connectivity index (χ3n) is 4.37. The summed E-state index contributed by atoms with van der Waals surface area (Å²) in [5, 5.41) is 12.1. The minimum atomic E-state index is -0.851. The Kier molecular flexibility index (Phi) is 5.28. The fraction of sp³-hybridized carbons (Fsp3) is 0.316. The van der Waals surface area contributed by atoms with Gasteiger partial charge in [-0.25, -0.2) is 0 Å². The van der Waals surface area contributed by atoms with Gasteiger partial charge < -0.3 is 15.2 Å². The van der Waals surface area contributed by atoms with Crippen molar-refractivity contribution in [3.05, 3.63) is 59.9 Å². The van der Waals surface area contributed by atoms with E-state index in [1.54, 1.807) is 36.7 Å². The molecule has 2 N–H and O–H groups in total. The molecule has 0 saturated heterocycles. The van der Waals surface area contributed by atoms with E-state index in [9.17, 15) is 14.7 Å². The first-order valence-electron chi connectivity index (χ1n) is 8.29. The topological polar surface area (TPSA) is 88.5 Å². The van der Waals surface area contributed by atoms with Crippen LogP contribution in [0.1, 0.15) is 35.2 Å². The van der Waals surface area contributed by atoms with Gasteiger partial charge in [0.2, 0.25) is 0 Å². The van der Waals surface area contributed by atoms with Crippen molar-refractivity contribution in [2.45, 2.75) is 31.9 Å². The van der Waals surface area contributed by atoms with Crippen LogP contribution < -0.4 is 10.1 Å². The maximum atomic E-state index is 12.4. The average molecular weight is 340 g/mol. The molecule has 0 aliphatic heterocycles. The van der Waals surface area contributed by atoms with E-state index in [4.69, 9.17) is 4.74 Å². The summed E-state index contributed by atoms with van der Waals surface area (Å²) in [6.45, 7) is 0.364. The van der Waals surface area contributed by atoms with Crippen molar-refractivity contribution in [2.24, 2.45) is 5.92 Å². The first kappa shape index (κ1) is 17.0. The fourth-order valence-corrected chi connectivity index (χ4v) is 3.06. The van der Waals surface area contributed by atoms with Gasteiger partial charge in [0.1, 0.15) is 12.4 Å². The first-order chi connectivity index (χ1) is 12.1. The zero-order valence-corrected chi connectivity index (χ0v) is 13.7. The highest BCUT2D eigenvalue weighted by Crippen LogP contribution is 2.26. The summed E-state index contributed by atoms with van der Waals surface area (Å²) in [5.74, 6) is -1.05. The lowest BCUT2D eigenvalue weighted by Gasteiger charge is -2.17. The van der Waals surface area contributed by atoms with Crippen molar-refractivity contribution in [1.29, 1.82) is 0 Å². The Morgan fingerprint density at radius 2 is 2.12 bits per heavy atom. The second kappa shape index (κ2) is 7.79. The summed E-state index contributed by atoms with van der Waals surface area (Å²) in [7, 11) is 0. The van der Waals surface area contributed by atoms with Gasteiger partial charge >= 0.3 is 5.97 Å². The number of hydrogen-bond acceptors (Lipinski definition) is 4. The predicted molar refractivity (Wildman–Crippen MR) is 91.2 cm³/mol. The molecule has 1 saturated carbocycles. The van der Waals surface area contributed by atoms with E-state index in [0.29, 0.717) is 30.8 Å². The van der Waals surface area contributed by atoms with Crippen molar-refractivity contribution >= 4 is 11.9 Å². The molecule has 6 nitrogen and oxygen atoms in total. The molecule has 1 aromatic carbocycles. The molecule has 25 heavy (non-hydrogen) atoms. The summed E-state index contributed by atoms with van der Waals surface area (Å²) in [4.78, 5) is 27.7. The number of nitrogens with zero attached hydrogens (tertiary/aromatic N) is 1. The van der Waals surface area contributed by atoms with Crippen LogP contribution in [0.25, 0.3) is 0 Å². The Morgan fingerprint density at radius 1 is 1.24 bits per heavy atom. The van der Waals surface area contributed by atoms with Crippen LogP contribution in [-0.4, -0.2) is 28.0 Å². The first-order valence-corrected chi connectivity index (χ1v) is 8.29. The number of hydrogen-bond donors (Lipinski definition) is 2. The van der Waals surface area contributed by atoms with Gasteiger partial charge in [-0.2, -0.15) is 0 Å². The number of amides is 1. The molecule has 0 spiro atoms. The number of ether oxygens (including phenoxy) is 1. The molecule has 1 amide bonds. The van der Waals surface area contributed by atoms with E-state index < -0.39 is 11.9 Å². The van der Waals surface area contributed by atoms with Crippen LogP contribution in [0.5, 0.6) is 5.75 Å². The van der Waals surface area contributed by atoms with Gasteiger partial charge in [0.05, 0.1) is 5.92 Å². The number of carboxylic acid groups (broad SMARTS) is 1. The maximum Gasteiger partial charge on any atom is 0.308 e. The second-order valence-corrected chi connectivity index (χ2v) is 6.13. The van der Waals surface area contributed by atoms with Crippen molar-refractivity contribution in [3.63, 3.8) is 0 Å². The molecule has 0 unspecified atom stereocenters. The lowest BCUT2D eigenvalue weighted by Crippen LogP contribution is -2.40. The lowest BCUT2D eigenvalue weighted by atomic mass is 10.0. The number of nitrogens with one attached hydrogen (secondary N) is 1. The Bertz CT molecular complexity index is 748. The SMILES string of the molecule is O=C(N[C@H]1CCC[C@H]1C(=O)O)c1cccc(OCc2cccnc2)c1. The molecule has 1 aliphatic carbocycles. The zero-order valence-electron chi connectivity index (χ0n) is 13.7. The quantitative estimate of drug-likeness (QED) is 0.844. The van der Waals surface area contributed by atoms with Gasteiger partial charge in [-0.3, -0.25) is 14.6 Å². The highest BCUT2D eigenvalue weighted by Gasteiger charge is 2.34. The number of carbonyl (C=O) groups is 2. The maximum absolute atomic E-state index is 12.4. The van der Waals surface area contributed by atoms with Gasteiger partial charge in [0.15, 0.2) is 0 Å². The van der Waals surface area contributed by atoms with E-state index in [-0.39, 0.29) is 11.9 Å². The molecule has 0 bridgehead atoms. The van der Waals surface area contributed by atoms with Crippen LogP contribution in [0.4, 0.5) is 0 Å². The number of benzene rings is 1. The third kappa shape index (κ3) is 4.35. The van der Waals surface area contributed by atoms with Crippen LogP contribution >= 0.6 is 0 Å². The number of pyridine rings is 1. The summed E-state index contributed by atoms with van der Waals surface area (Å²) in [5.41, 5.74) is 1.40. The molecule has 1 fully saturated rings. The molecule has 0 radical (unpaired) electrons. The van der Waals surface area contributed by atoms with E-state index in [0.717, 1.165) is 12.0 Å². The van der Waals surface area contributed by atoms with E-state index in [2.05, 4.69) is 10.3 Å². The molecule has 3 rings (SSSR count). The number of aromatic nitrogens is 1. The Labute approximate surface area is 145 Å². The fourth-order valence-electron chi connectivity index (χ4n) is 3.06. The minimum Gasteiger partial charge on any atom is -0.489 e. The van der Waals surface area contributed by atoms with Crippen LogP contribution in [0.3, 0.4) is 0 Å². The highest BCUT2D eigenvalue weighted by molar-refractivity contribution is 5.95. The molecule has 1 aromatic heterocycles. The molecular weight excluding hydrogens is 320 g/mol. The van der Waals surface area contributed by atoms with Gasteiger partial charge in [0.25, 0.3) is 5.91 Å². The molecule has 1 aliphatic rings. The monoisotopic (exact) mass is 340 g/mol. The number of carboxylic acids is 1. The second-order valence-electron chi connectivity index (χ2n) is 6.13. The average Bonchev–Trinajstić information content (AvgIpc) is 3.09. The van der Waals surface area contributed by atoms with Gasteiger partial charge in [-0.1, -0.05) is 18.6 Å². The molecule has 130 valence electrons. The summed E-state index contributed by atoms with van der Waals surface area (Å²) in [6.07, 6.45) is 5.54. The summed E-state index contributed by atoms with van der Waals surface area (Å²) >= 11 is 0. The smallest absolute Gasteiger partial charge is 0.308 e. The number of carbonyl (C=O) groups excluding carboxylic acids is 1. The standard InChI is InChI=1S/C19H20N2O4/c22-18(21-17-8-2-7-16(17)19(23)24)14-5-1-6-15(10-14)25-12-13-4-3-9-20-11-13/h1,3-6,9-11,16-17H,2,7-8,12H2,(H,21,22)(H,23,24)/t16-,17+/m1/s1. The van der Waals surface area contributed by atoms with Crippen LogP contribution in [0.15, 0.2) is 48.8 Å². The third-order valence-corrected chi connectivity index (χ3v) is 4.37. The summed E-state index contributed by atoms with van der Waals surface area (Å²) < 4.78 is 5.70. The van der Waals surface area contributed by atoms with Crippen LogP contribution in [0.2, 0.25) is 0 Å². The van der Waals surface area contributed by atoms with Crippen molar-refractivity contribution < 1.29 is 19.4 Å². The molecule has 6 heteroatoms. The Morgan fingerprint density at radius 3 is 2.88 bits per heavy atom. The van der Waals surface area contributed by atoms with Crippen LogP contribution in [-0.2, 0) is 11.4 Å². The van der Waals surface area contributed by atoms with Crippen molar-refractivity contribution in [3.8, 4) is 5.75 Å². The summed E-state index contributed by atoms with van der Waals surface area (Å²) in [6, 6.07) is 10.3. The van der Waals surface area contributed by atoms with Crippen molar-refractivity contribution in [2.75, 3.05) is 0 Å². The number of aliphatic carboxylic acids is 1. The predicted octanol–water partition coefficient (Wildman–Crippen LogP) is 2.64. The highest BCUT2D eigenvalue weighted by atomic mass is 16.5. The Hall–Kier alpha value is -2.89. The largest absolute Gasteiger partial charge is 0.489 e. The Balaban J connectivity index is 1.62. The zero-order chi connectivity index (χ0) is 17.6. The normalized spacial score (nSPS) is 19.4. The van der Waals surface area contributed by atoms with E-state index in [1.165, 1.54) is 0 Å².